The summed E-state index contributed by atoms with van der Waals surface area (Å²) in [7, 11) is 0. The topological polar surface area (TPSA) is 133 Å². The van der Waals surface area contributed by atoms with Crippen LogP contribution in [0.1, 0.15) is 26.3 Å². The third-order valence-corrected chi connectivity index (χ3v) is 4.13. The predicted molar refractivity (Wildman–Crippen MR) is 101 cm³/mol. The van der Waals surface area contributed by atoms with Crippen molar-refractivity contribution in [1.29, 1.82) is 0 Å². The minimum Gasteiger partial charge on any atom is -0.366 e. The zero-order valence-electron chi connectivity index (χ0n) is 14.7. The van der Waals surface area contributed by atoms with Crippen LogP contribution in [-0.2, 0) is 6.42 Å². The number of primary amides is 1. The lowest BCUT2D eigenvalue weighted by molar-refractivity contribution is -0.384. The van der Waals surface area contributed by atoms with Gasteiger partial charge in [0.15, 0.2) is 0 Å². The largest absolute Gasteiger partial charge is 0.366 e. The van der Waals surface area contributed by atoms with Crippen LogP contribution in [0.25, 0.3) is 5.69 Å². The van der Waals surface area contributed by atoms with Gasteiger partial charge in [0.1, 0.15) is 5.69 Å². The average Bonchev–Trinajstić information content (AvgIpc) is 3.22. The fourth-order valence-electron chi connectivity index (χ4n) is 2.73. The smallest absolute Gasteiger partial charge is 0.294 e. The summed E-state index contributed by atoms with van der Waals surface area (Å²) in [6.07, 6.45) is 5.03. The molecule has 0 unspecified atom stereocenters. The number of nitrogens with one attached hydrogen (secondary N) is 1. The number of nitrogens with zero attached hydrogens (tertiary/aromatic N) is 3. The first-order chi connectivity index (χ1) is 13.5. The van der Waals surface area contributed by atoms with Crippen molar-refractivity contribution < 1.29 is 14.5 Å². The third kappa shape index (κ3) is 4.21. The molecule has 0 atom stereocenters. The summed E-state index contributed by atoms with van der Waals surface area (Å²) in [6.45, 7) is 0.304. The van der Waals surface area contributed by atoms with E-state index < -0.39 is 16.7 Å². The average molecular weight is 379 g/mol. The first kappa shape index (κ1) is 18.8. The first-order valence-electron chi connectivity index (χ1n) is 8.39. The Kier molecular flexibility index (Phi) is 5.45. The van der Waals surface area contributed by atoms with E-state index in [0.29, 0.717) is 24.2 Å². The zero-order valence-corrected chi connectivity index (χ0v) is 14.7. The van der Waals surface area contributed by atoms with E-state index in [4.69, 9.17) is 5.73 Å². The summed E-state index contributed by atoms with van der Waals surface area (Å²) in [5.74, 6) is -0.942. The molecule has 0 aliphatic carbocycles. The molecule has 0 bridgehead atoms. The van der Waals surface area contributed by atoms with Gasteiger partial charge in [-0.3, -0.25) is 19.7 Å². The number of nitro groups is 1. The van der Waals surface area contributed by atoms with E-state index in [2.05, 4.69) is 10.3 Å². The van der Waals surface area contributed by atoms with Crippen LogP contribution in [0.5, 0.6) is 0 Å². The van der Waals surface area contributed by atoms with Crippen molar-refractivity contribution in [3.8, 4) is 5.69 Å². The number of carbonyl (C=O) groups is 2. The van der Waals surface area contributed by atoms with Crippen LogP contribution in [0.3, 0.4) is 0 Å². The van der Waals surface area contributed by atoms with Crippen LogP contribution in [0, 0.1) is 10.1 Å². The molecule has 0 aliphatic rings. The lowest BCUT2D eigenvalue weighted by atomic mass is 10.1. The Balaban J connectivity index is 1.69. The Morgan fingerprint density at radius 3 is 2.68 bits per heavy atom. The predicted octanol–water partition coefficient (Wildman–Crippen LogP) is 1.85. The Morgan fingerprint density at radius 2 is 2.00 bits per heavy atom. The minimum absolute atomic E-state index is 0.182. The number of nitrogens with two attached hydrogens (primary N) is 1. The van der Waals surface area contributed by atoms with Crippen LogP contribution >= 0.6 is 0 Å². The molecule has 3 aromatic rings. The summed E-state index contributed by atoms with van der Waals surface area (Å²) in [5.41, 5.74) is 6.80. The van der Waals surface area contributed by atoms with Crippen LogP contribution in [0.4, 0.5) is 5.69 Å². The number of hydrogen-bond acceptors (Lipinski definition) is 5. The van der Waals surface area contributed by atoms with Crippen molar-refractivity contribution in [2.24, 2.45) is 5.73 Å². The molecule has 28 heavy (non-hydrogen) atoms. The lowest BCUT2D eigenvalue weighted by Gasteiger charge is -2.08. The van der Waals surface area contributed by atoms with E-state index in [1.807, 2.05) is 6.07 Å². The van der Waals surface area contributed by atoms with E-state index in [1.54, 1.807) is 24.4 Å². The molecular weight excluding hydrogens is 362 g/mol. The standard InChI is InChI=1S/C19H17N5O4/c20-18(25)14-3-1-2-13(10-14)6-7-22-19(26)15-4-5-16(17(11-15)24(27)28)23-9-8-21-12-23/h1-5,8-12H,6-7H2,(H2,20,25)(H,22,26). The molecule has 0 saturated carbocycles. The van der Waals surface area contributed by atoms with Crippen molar-refractivity contribution in [3.05, 3.63) is 88.0 Å². The number of carbonyl (C=O) groups excluding carboxylic acids is 2. The Hall–Kier alpha value is -4.01. The van der Waals surface area contributed by atoms with E-state index in [1.165, 1.54) is 35.3 Å². The van der Waals surface area contributed by atoms with Crippen LogP contribution in [-0.4, -0.2) is 32.8 Å². The molecule has 2 aromatic carbocycles. The Morgan fingerprint density at radius 1 is 1.18 bits per heavy atom. The number of rotatable bonds is 7. The summed E-state index contributed by atoms with van der Waals surface area (Å²) in [5, 5.41) is 14.1. The molecule has 3 N–H and O–H groups in total. The van der Waals surface area contributed by atoms with Crippen molar-refractivity contribution in [3.63, 3.8) is 0 Å². The molecule has 0 aliphatic heterocycles. The number of imidazole rings is 1. The lowest BCUT2D eigenvalue weighted by Crippen LogP contribution is -2.26. The van der Waals surface area contributed by atoms with E-state index >= 15 is 0 Å². The van der Waals surface area contributed by atoms with Crippen LogP contribution in [0.15, 0.2) is 61.2 Å². The Labute approximate surface area is 160 Å². The second-order valence-electron chi connectivity index (χ2n) is 6.00. The minimum atomic E-state index is -0.540. The third-order valence-electron chi connectivity index (χ3n) is 4.13. The van der Waals surface area contributed by atoms with Gasteiger partial charge in [0, 0.05) is 36.1 Å². The summed E-state index contributed by atoms with van der Waals surface area (Å²) in [6, 6.07) is 11.1. The highest BCUT2D eigenvalue weighted by atomic mass is 16.6. The quantitative estimate of drug-likeness (QED) is 0.477. The van der Waals surface area contributed by atoms with Gasteiger partial charge in [0.25, 0.3) is 11.6 Å². The van der Waals surface area contributed by atoms with Gasteiger partial charge in [-0.15, -0.1) is 0 Å². The molecule has 3 rings (SSSR count). The first-order valence-corrected chi connectivity index (χ1v) is 8.39. The van der Waals surface area contributed by atoms with E-state index in [-0.39, 0.29) is 11.3 Å². The van der Waals surface area contributed by atoms with Gasteiger partial charge in [0.2, 0.25) is 5.91 Å². The number of benzene rings is 2. The molecule has 2 amide bonds. The molecule has 1 aromatic heterocycles. The number of amides is 2. The fraction of sp³-hybridized carbons (Fsp3) is 0.105. The maximum Gasteiger partial charge on any atom is 0.294 e. The monoisotopic (exact) mass is 379 g/mol. The van der Waals surface area contributed by atoms with Gasteiger partial charge < -0.3 is 15.6 Å². The summed E-state index contributed by atoms with van der Waals surface area (Å²) < 4.78 is 1.51. The van der Waals surface area contributed by atoms with Crippen LogP contribution in [0.2, 0.25) is 0 Å². The highest BCUT2D eigenvalue weighted by Gasteiger charge is 2.18. The molecule has 0 fully saturated rings. The van der Waals surface area contributed by atoms with Gasteiger partial charge in [-0.05, 0) is 36.2 Å². The van der Waals surface area contributed by atoms with Crippen molar-refractivity contribution in [1.82, 2.24) is 14.9 Å². The normalized spacial score (nSPS) is 10.4. The van der Waals surface area contributed by atoms with Crippen molar-refractivity contribution in [2.45, 2.75) is 6.42 Å². The molecule has 9 nitrogen and oxygen atoms in total. The number of aromatic nitrogens is 2. The Bertz CT molecular complexity index is 1030. The highest BCUT2D eigenvalue weighted by molar-refractivity contribution is 5.95. The van der Waals surface area contributed by atoms with Gasteiger partial charge in [-0.1, -0.05) is 12.1 Å². The summed E-state index contributed by atoms with van der Waals surface area (Å²) >= 11 is 0. The van der Waals surface area contributed by atoms with Gasteiger partial charge >= 0.3 is 0 Å². The van der Waals surface area contributed by atoms with Gasteiger partial charge in [-0.25, -0.2) is 4.98 Å². The zero-order chi connectivity index (χ0) is 20.1. The molecule has 0 saturated heterocycles. The molecule has 0 spiro atoms. The SMILES string of the molecule is NC(=O)c1cccc(CCNC(=O)c2ccc(-n3ccnc3)c([N+](=O)[O-])c2)c1. The highest BCUT2D eigenvalue weighted by Crippen LogP contribution is 2.24. The van der Waals surface area contributed by atoms with Crippen LogP contribution < -0.4 is 11.1 Å². The summed E-state index contributed by atoms with van der Waals surface area (Å²) in [4.78, 5) is 38.3. The fourth-order valence-corrected chi connectivity index (χ4v) is 2.73. The van der Waals surface area contributed by atoms with Gasteiger partial charge in [0.05, 0.1) is 11.3 Å². The molecule has 0 radical (unpaired) electrons. The molecule has 142 valence electrons. The maximum absolute atomic E-state index is 12.4. The second kappa shape index (κ2) is 8.12. The number of hydrogen-bond donors (Lipinski definition) is 2. The molecule has 9 heteroatoms. The molecule has 1 heterocycles. The van der Waals surface area contributed by atoms with Crippen molar-refractivity contribution >= 4 is 17.5 Å². The molecular formula is C19H17N5O4. The second-order valence-corrected chi connectivity index (χ2v) is 6.00. The van der Waals surface area contributed by atoms with Crippen molar-refractivity contribution in [2.75, 3.05) is 6.54 Å². The number of nitro benzene ring substituents is 1. The van der Waals surface area contributed by atoms with E-state index in [0.717, 1.165) is 5.56 Å². The van der Waals surface area contributed by atoms with Gasteiger partial charge in [-0.2, -0.15) is 0 Å². The van der Waals surface area contributed by atoms with E-state index in [9.17, 15) is 19.7 Å². The maximum atomic E-state index is 12.4.